The van der Waals surface area contributed by atoms with Crippen LogP contribution in [0.25, 0.3) is 0 Å². The summed E-state index contributed by atoms with van der Waals surface area (Å²) in [5, 5.41) is 5.89. The van der Waals surface area contributed by atoms with Gasteiger partial charge in [-0.05, 0) is 0 Å². The molecular weight excluding hydrogens is 510 g/mol. The van der Waals surface area contributed by atoms with Crippen LogP contribution in [0.1, 0.15) is 25.7 Å². The van der Waals surface area contributed by atoms with Gasteiger partial charge < -0.3 is 0 Å². The molecule has 0 N–H and O–H groups in total. The van der Waals surface area contributed by atoms with Gasteiger partial charge in [-0.25, -0.2) is 0 Å². The summed E-state index contributed by atoms with van der Waals surface area (Å²) in [5.74, 6) is 2.82. The van der Waals surface area contributed by atoms with Crippen molar-refractivity contribution in [3.8, 4) is 0 Å². The second kappa shape index (κ2) is 10.5. The molecule has 8 heteroatoms. The molecule has 2 fully saturated rings. The molecule has 2 aromatic rings. The number of hydrogen-bond acceptors (Lipinski definition) is 2. The van der Waals surface area contributed by atoms with Crippen LogP contribution >= 0.6 is 0 Å². The van der Waals surface area contributed by atoms with E-state index in [-0.39, 0.29) is 0 Å². The van der Waals surface area contributed by atoms with Gasteiger partial charge in [-0.2, -0.15) is 0 Å². The minimum atomic E-state index is -1.85. The number of hydrogen-bond donors (Lipinski definition) is 0. The van der Waals surface area contributed by atoms with Crippen LogP contribution in [0.15, 0.2) is 57.7 Å². The van der Waals surface area contributed by atoms with Gasteiger partial charge in [0.1, 0.15) is 0 Å². The molecule has 2 aliphatic carbocycles. The van der Waals surface area contributed by atoms with E-state index in [1.807, 2.05) is 0 Å². The molecule has 2 radical (unpaired) electrons. The zero-order valence-corrected chi connectivity index (χ0v) is 28.5. The van der Waals surface area contributed by atoms with Crippen LogP contribution in [0.4, 0.5) is 0 Å². The van der Waals surface area contributed by atoms with Crippen LogP contribution in [-0.4, -0.2) is 47.9 Å². The molecule has 0 saturated heterocycles. The van der Waals surface area contributed by atoms with Crippen LogP contribution in [-0.2, 0) is 0 Å². The van der Waals surface area contributed by atoms with Crippen molar-refractivity contribution in [1.29, 1.82) is 0 Å². The molecule has 2 aliphatic rings. The van der Waals surface area contributed by atoms with E-state index in [4.69, 9.17) is 15.3 Å². The van der Waals surface area contributed by atoms with Gasteiger partial charge in [-0.15, -0.1) is 0 Å². The van der Waals surface area contributed by atoms with E-state index >= 15 is 0 Å². The van der Waals surface area contributed by atoms with Gasteiger partial charge in [0.15, 0.2) is 0 Å². The fourth-order valence-corrected chi connectivity index (χ4v) is 15.9. The van der Waals surface area contributed by atoms with Crippen molar-refractivity contribution in [2.75, 3.05) is 0 Å². The Balaban J connectivity index is 1.44. The van der Waals surface area contributed by atoms with Crippen LogP contribution < -0.4 is 20.7 Å². The average molecular weight is 557 g/mol. The number of rotatable bonds is 10. The maximum atomic E-state index is 5.74. The maximum absolute atomic E-state index is 5.74. The minimum absolute atomic E-state index is 0.919. The Morgan fingerprint density at radius 1 is 0.649 bits per heavy atom. The van der Waals surface area contributed by atoms with Gasteiger partial charge >= 0.3 is 234 Å². The molecule has 0 amide bonds. The van der Waals surface area contributed by atoms with Gasteiger partial charge in [-0.1, -0.05) is 0 Å². The van der Waals surface area contributed by atoms with E-state index in [1.165, 1.54) is 42.1 Å². The van der Waals surface area contributed by atoms with Gasteiger partial charge in [0.2, 0.25) is 0 Å². The Hall–Kier alpha value is -0.963. The molecule has 4 rings (SSSR count). The first-order chi connectivity index (χ1) is 17.2. The molecule has 194 valence electrons. The summed E-state index contributed by atoms with van der Waals surface area (Å²) in [4.78, 5) is 0. The Bertz CT molecular complexity index is 1130. The molecule has 2 aromatic carbocycles. The predicted molar refractivity (Wildman–Crippen MR) is 175 cm³/mol. The molecule has 0 spiro atoms. The third-order valence-corrected chi connectivity index (χ3v) is 22.9. The second-order valence-electron chi connectivity index (χ2n) is 14.3. The van der Waals surface area contributed by atoms with E-state index in [9.17, 15) is 0 Å². The normalized spacial score (nSPS) is 24.3. The summed E-state index contributed by atoms with van der Waals surface area (Å²) in [5.41, 5.74) is 0.919. The van der Waals surface area contributed by atoms with Crippen LogP contribution in [0, 0.1) is 17.8 Å². The van der Waals surface area contributed by atoms with Gasteiger partial charge in [0.25, 0.3) is 0 Å². The Morgan fingerprint density at radius 3 is 1.57 bits per heavy atom. The van der Waals surface area contributed by atoms with Crippen molar-refractivity contribution in [2.24, 2.45) is 26.9 Å². The first kappa shape index (κ1) is 29.0. The average Bonchev–Trinajstić information content (AvgIpc) is 3.49. The van der Waals surface area contributed by atoms with Crippen molar-refractivity contribution in [1.82, 2.24) is 0 Å². The third-order valence-electron chi connectivity index (χ3n) is 10.4. The van der Waals surface area contributed by atoms with Crippen molar-refractivity contribution in [3.05, 3.63) is 48.5 Å². The van der Waals surface area contributed by atoms with E-state index in [0.29, 0.717) is 0 Å². The van der Waals surface area contributed by atoms with Gasteiger partial charge in [-0.3, -0.25) is 0 Å². The van der Waals surface area contributed by atoms with E-state index in [2.05, 4.69) is 110 Å². The monoisotopic (exact) mass is 556 g/mol. The zero-order valence-electron chi connectivity index (χ0n) is 24.5. The second-order valence-corrected chi connectivity index (χ2v) is 31.8. The van der Waals surface area contributed by atoms with Crippen molar-refractivity contribution >= 4 is 68.6 Å². The summed E-state index contributed by atoms with van der Waals surface area (Å²) in [6, 6.07) is 20.3. The first-order valence-corrected chi connectivity index (χ1v) is 26.5. The molecule has 2 nitrogen and oxygen atoms in total. The standard InChI is InChI=1S/C29H46B2N2Si4/c1-34(2,24-9-13-26(14-10-24)36(5,6)32-30)18-17-23-19-22-20-28(23)29(21-22)35(3,4)25-11-15-27(16-12-25)37(7,8)33-31/h9-16,22-23,28-29H,17-21H2,1-8H3. The molecule has 0 heterocycles. The summed E-state index contributed by atoms with van der Waals surface area (Å²) in [6.45, 7) is 19.3. The van der Waals surface area contributed by atoms with Crippen LogP contribution in [0.3, 0.4) is 0 Å². The predicted octanol–water partition coefficient (Wildman–Crippen LogP) is 5.55. The molecule has 4 unspecified atom stereocenters. The molecule has 0 aromatic heterocycles. The van der Waals surface area contributed by atoms with E-state index in [0.717, 1.165) is 23.3 Å². The van der Waals surface area contributed by atoms with Crippen molar-refractivity contribution in [2.45, 2.75) is 89.6 Å². The Labute approximate surface area is 232 Å². The molecule has 37 heavy (non-hydrogen) atoms. The fraction of sp³-hybridized carbons (Fsp3) is 0.586. The zero-order chi connectivity index (χ0) is 27.2. The molecular formula is C29H46B2N2Si4. The van der Waals surface area contributed by atoms with Crippen LogP contribution in [0.5, 0.6) is 0 Å². The number of fused-ring (bicyclic) bond motifs is 2. The third kappa shape index (κ3) is 5.82. The molecule has 2 bridgehead atoms. The number of nitrogens with zero attached hydrogens (tertiary/aromatic N) is 2. The van der Waals surface area contributed by atoms with Crippen LogP contribution in [0.2, 0.25) is 64.0 Å². The summed E-state index contributed by atoms with van der Waals surface area (Å²) < 4.78 is 8.43. The first-order valence-electron chi connectivity index (χ1n) is 14.3. The van der Waals surface area contributed by atoms with E-state index < -0.39 is 32.6 Å². The summed E-state index contributed by atoms with van der Waals surface area (Å²) >= 11 is 0. The van der Waals surface area contributed by atoms with Gasteiger partial charge in [0.05, 0.1) is 0 Å². The Morgan fingerprint density at radius 2 is 1.11 bits per heavy atom. The van der Waals surface area contributed by atoms with Crippen molar-refractivity contribution < 1.29 is 0 Å². The quantitative estimate of drug-likeness (QED) is 0.343. The topological polar surface area (TPSA) is 24.7 Å². The summed E-state index contributed by atoms with van der Waals surface area (Å²) in [6.07, 6.45) is 5.84. The molecule has 0 aliphatic heterocycles. The molecule has 2 saturated carbocycles. The van der Waals surface area contributed by atoms with Crippen molar-refractivity contribution in [3.63, 3.8) is 0 Å². The van der Waals surface area contributed by atoms with Gasteiger partial charge in [0, 0.05) is 0 Å². The van der Waals surface area contributed by atoms with E-state index in [1.54, 1.807) is 10.4 Å². The fourth-order valence-electron chi connectivity index (χ4n) is 7.35. The number of benzene rings is 2. The Kier molecular flexibility index (Phi) is 8.28. The SMILES string of the molecule is [B]=N[Si](C)(C)c1ccc([Si](C)(C)CCC2CC3CC2C([Si](C)(C)c2ccc([Si](C)(C)N=[B])cc2)C3)cc1. The molecule has 4 atom stereocenters. The summed E-state index contributed by atoms with van der Waals surface area (Å²) in [7, 11) is 4.73.